The molecule has 31 heavy (non-hydrogen) atoms. The van der Waals surface area contributed by atoms with Gasteiger partial charge in [0.1, 0.15) is 0 Å². The third-order valence-corrected chi connectivity index (χ3v) is 9.79. The fourth-order valence-corrected chi connectivity index (χ4v) is 7.38. The second-order valence-electron chi connectivity index (χ2n) is 8.55. The van der Waals surface area contributed by atoms with Gasteiger partial charge in [-0.2, -0.15) is 0 Å². The van der Waals surface area contributed by atoms with E-state index >= 15 is 0 Å². The highest BCUT2D eigenvalue weighted by atomic mass is 32.2. The minimum atomic E-state index is -3.40. The molecule has 0 N–H and O–H groups in total. The average molecular weight is 462 g/mol. The third kappa shape index (κ3) is 4.55. The van der Waals surface area contributed by atoms with E-state index in [1.54, 1.807) is 54.6 Å². The number of aryl methyl sites for hydroxylation is 1. The molecule has 0 radical (unpaired) electrons. The van der Waals surface area contributed by atoms with Crippen LogP contribution in [0.5, 0.6) is 0 Å². The molecular weight excluding hydrogens is 434 g/mol. The Morgan fingerprint density at radius 2 is 1.45 bits per heavy atom. The van der Waals surface area contributed by atoms with E-state index in [4.69, 9.17) is 0 Å². The van der Waals surface area contributed by atoms with Gasteiger partial charge in [-0.05, 0) is 61.9 Å². The van der Waals surface area contributed by atoms with Crippen molar-refractivity contribution < 1.29 is 21.6 Å². The lowest BCUT2D eigenvalue weighted by Gasteiger charge is -2.38. The predicted molar refractivity (Wildman–Crippen MR) is 118 cm³/mol. The van der Waals surface area contributed by atoms with Gasteiger partial charge in [-0.1, -0.05) is 30.3 Å². The maximum absolute atomic E-state index is 13.0. The van der Waals surface area contributed by atoms with Gasteiger partial charge < -0.3 is 4.90 Å². The first-order valence-electron chi connectivity index (χ1n) is 10.6. The SMILES string of the molecule is CS(=O)(=O)c1ccc(CCC(=O)N2C3CCC2CC(S(=O)(=O)c2ccccc2)C3)cc1. The van der Waals surface area contributed by atoms with Crippen molar-refractivity contribution in [3.63, 3.8) is 0 Å². The van der Waals surface area contributed by atoms with Crippen LogP contribution in [-0.2, 0) is 30.9 Å². The zero-order chi connectivity index (χ0) is 22.2. The van der Waals surface area contributed by atoms with Gasteiger partial charge in [-0.15, -0.1) is 0 Å². The summed E-state index contributed by atoms with van der Waals surface area (Å²) in [6.45, 7) is 0. The predicted octanol–water partition coefficient (Wildman–Crippen LogP) is 3.02. The maximum atomic E-state index is 13.0. The number of fused-ring (bicyclic) bond motifs is 2. The lowest BCUT2D eigenvalue weighted by Crippen LogP contribution is -2.49. The number of sulfone groups is 2. The van der Waals surface area contributed by atoms with E-state index in [0.29, 0.717) is 30.6 Å². The van der Waals surface area contributed by atoms with Crippen molar-refractivity contribution in [3.05, 3.63) is 60.2 Å². The number of carbonyl (C=O) groups excluding carboxylic acids is 1. The van der Waals surface area contributed by atoms with Crippen molar-refractivity contribution >= 4 is 25.6 Å². The molecule has 0 saturated carbocycles. The molecule has 0 aliphatic carbocycles. The van der Waals surface area contributed by atoms with Gasteiger partial charge in [0, 0.05) is 24.8 Å². The fraction of sp³-hybridized carbons (Fsp3) is 0.435. The summed E-state index contributed by atoms with van der Waals surface area (Å²) >= 11 is 0. The maximum Gasteiger partial charge on any atom is 0.223 e. The molecule has 2 aliphatic rings. The standard InChI is InChI=1S/C23H27NO5S2/c1-30(26,27)20-12-7-17(8-13-20)9-14-23(25)24-18-10-11-19(24)16-22(15-18)31(28,29)21-5-3-2-4-6-21/h2-8,12-13,18-19,22H,9-11,14-16H2,1H3. The Bertz CT molecular complexity index is 1140. The smallest absolute Gasteiger partial charge is 0.223 e. The number of piperidine rings is 1. The van der Waals surface area contributed by atoms with Gasteiger partial charge >= 0.3 is 0 Å². The van der Waals surface area contributed by atoms with Crippen LogP contribution < -0.4 is 0 Å². The molecule has 2 aromatic rings. The summed E-state index contributed by atoms with van der Waals surface area (Å²) in [6.07, 6.45) is 4.71. The summed E-state index contributed by atoms with van der Waals surface area (Å²) < 4.78 is 49.3. The Morgan fingerprint density at radius 3 is 2.00 bits per heavy atom. The van der Waals surface area contributed by atoms with Crippen LogP contribution in [0, 0.1) is 0 Å². The average Bonchev–Trinajstić information content (AvgIpc) is 3.01. The Balaban J connectivity index is 1.40. The second kappa shape index (κ2) is 8.39. The molecule has 6 nitrogen and oxygen atoms in total. The first-order valence-corrected chi connectivity index (χ1v) is 14.0. The summed E-state index contributed by atoms with van der Waals surface area (Å²) in [6, 6.07) is 15.1. The number of nitrogens with zero attached hydrogens (tertiary/aromatic N) is 1. The molecule has 2 fully saturated rings. The van der Waals surface area contributed by atoms with E-state index in [1.807, 2.05) is 4.90 Å². The van der Waals surface area contributed by atoms with Crippen LogP contribution in [0.1, 0.15) is 37.7 Å². The van der Waals surface area contributed by atoms with Crippen LogP contribution >= 0.6 is 0 Å². The summed E-state index contributed by atoms with van der Waals surface area (Å²) in [4.78, 5) is 15.5. The van der Waals surface area contributed by atoms with E-state index in [1.165, 1.54) is 6.26 Å². The summed E-state index contributed by atoms with van der Waals surface area (Å²) in [5.41, 5.74) is 0.912. The van der Waals surface area contributed by atoms with Crippen molar-refractivity contribution in [2.45, 2.75) is 65.6 Å². The Morgan fingerprint density at radius 1 is 0.871 bits per heavy atom. The highest BCUT2D eigenvalue weighted by Crippen LogP contribution is 2.40. The minimum Gasteiger partial charge on any atom is -0.337 e. The zero-order valence-electron chi connectivity index (χ0n) is 17.5. The highest BCUT2D eigenvalue weighted by molar-refractivity contribution is 7.92. The molecule has 2 bridgehead atoms. The van der Waals surface area contributed by atoms with Crippen LogP contribution in [0.25, 0.3) is 0 Å². The molecule has 166 valence electrons. The van der Waals surface area contributed by atoms with Gasteiger partial charge in [-0.25, -0.2) is 16.8 Å². The molecule has 0 aromatic heterocycles. The van der Waals surface area contributed by atoms with Gasteiger partial charge in [0.05, 0.1) is 15.0 Å². The number of rotatable bonds is 6. The number of hydrogen-bond donors (Lipinski definition) is 0. The Hall–Kier alpha value is -2.19. The van der Waals surface area contributed by atoms with Gasteiger partial charge in [-0.3, -0.25) is 4.79 Å². The van der Waals surface area contributed by atoms with Gasteiger partial charge in [0.25, 0.3) is 0 Å². The van der Waals surface area contributed by atoms with Crippen LogP contribution in [0.4, 0.5) is 0 Å². The van der Waals surface area contributed by atoms with Crippen LogP contribution in [0.15, 0.2) is 64.4 Å². The van der Waals surface area contributed by atoms with Gasteiger partial charge in [0.2, 0.25) is 5.91 Å². The van der Waals surface area contributed by atoms with Crippen molar-refractivity contribution in [2.24, 2.45) is 0 Å². The van der Waals surface area contributed by atoms with Crippen LogP contribution in [-0.4, -0.2) is 51.2 Å². The minimum absolute atomic E-state index is 0.0256. The molecule has 0 spiro atoms. The molecular formula is C23H27NO5S2. The molecule has 2 unspecified atom stereocenters. The Labute approximate surface area is 184 Å². The normalized spacial score (nSPS) is 23.6. The lowest BCUT2D eigenvalue weighted by molar-refractivity contribution is -0.135. The summed E-state index contributed by atoms with van der Waals surface area (Å²) in [7, 11) is -6.63. The van der Waals surface area contributed by atoms with Crippen molar-refractivity contribution in [1.29, 1.82) is 0 Å². The molecule has 2 heterocycles. The number of carbonyl (C=O) groups is 1. The molecule has 2 aliphatic heterocycles. The van der Waals surface area contributed by atoms with Crippen molar-refractivity contribution in [1.82, 2.24) is 4.90 Å². The monoisotopic (exact) mass is 461 g/mol. The quantitative estimate of drug-likeness (QED) is 0.660. The first kappa shape index (κ1) is 22.0. The Kier molecular flexibility index (Phi) is 5.96. The molecule has 8 heteroatoms. The second-order valence-corrected chi connectivity index (χ2v) is 12.8. The van der Waals surface area contributed by atoms with Crippen molar-refractivity contribution in [3.8, 4) is 0 Å². The zero-order valence-corrected chi connectivity index (χ0v) is 19.1. The largest absolute Gasteiger partial charge is 0.337 e. The molecule has 2 aromatic carbocycles. The summed E-state index contributed by atoms with van der Waals surface area (Å²) in [5, 5.41) is -0.444. The molecule has 2 atom stereocenters. The lowest BCUT2D eigenvalue weighted by atomic mass is 10.0. The summed E-state index contributed by atoms with van der Waals surface area (Å²) in [5.74, 6) is 0.0512. The molecule has 4 rings (SSSR count). The van der Waals surface area contributed by atoms with E-state index in [9.17, 15) is 21.6 Å². The number of benzene rings is 2. The first-order chi connectivity index (χ1) is 14.7. The molecule has 1 amide bonds. The van der Waals surface area contributed by atoms with E-state index in [0.717, 1.165) is 18.4 Å². The third-order valence-electron chi connectivity index (χ3n) is 6.47. The van der Waals surface area contributed by atoms with E-state index in [-0.39, 0.29) is 22.9 Å². The topological polar surface area (TPSA) is 88.6 Å². The van der Waals surface area contributed by atoms with E-state index < -0.39 is 24.9 Å². The van der Waals surface area contributed by atoms with Crippen molar-refractivity contribution in [2.75, 3.05) is 6.26 Å². The number of amides is 1. The molecule has 2 saturated heterocycles. The van der Waals surface area contributed by atoms with Crippen LogP contribution in [0.3, 0.4) is 0 Å². The fourth-order valence-electron chi connectivity index (χ4n) is 4.87. The van der Waals surface area contributed by atoms with Crippen LogP contribution in [0.2, 0.25) is 0 Å². The van der Waals surface area contributed by atoms with E-state index in [2.05, 4.69) is 0 Å². The number of hydrogen-bond acceptors (Lipinski definition) is 5. The highest BCUT2D eigenvalue weighted by Gasteiger charge is 2.46. The van der Waals surface area contributed by atoms with Gasteiger partial charge in [0.15, 0.2) is 19.7 Å².